The maximum atomic E-state index is 12.1. The number of aliphatic imine (C=N–C) groups is 1. The summed E-state index contributed by atoms with van der Waals surface area (Å²) in [6.07, 6.45) is 7.52. The summed E-state index contributed by atoms with van der Waals surface area (Å²) in [5.41, 5.74) is 0.813. The predicted octanol–water partition coefficient (Wildman–Crippen LogP) is 3.63. The van der Waals surface area contributed by atoms with E-state index in [4.69, 9.17) is 9.47 Å². The Labute approximate surface area is 143 Å². The van der Waals surface area contributed by atoms with E-state index in [0.29, 0.717) is 5.56 Å². The summed E-state index contributed by atoms with van der Waals surface area (Å²) in [5, 5.41) is 3.05. The number of ether oxygens (including phenoxy) is 2. The minimum absolute atomic E-state index is 0.231. The molecule has 1 N–H and O–H groups in total. The Balaban J connectivity index is 1.94. The molecule has 0 aromatic heterocycles. The molecule has 0 radical (unpaired) electrons. The number of benzene rings is 1. The van der Waals surface area contributed by atoms with Crippen molar-refractivity contribution in [1.82, 2.24) is 5.32 Å². The normalized spacial score (nSPS) is 19.5. The summed E-state index contributed by atoms with van der Waals surface area (Å²) in [7, 11) is 0. The van der Waals surface area contributed by atoms with Crippen molar-refractivity contribution in [3.63, 3.8) is 0 Å². The molecule has 0 aliphatic carbocycles. The Morgan fingerprint density at radius 2 is 2.17 bits per heavy atom. The SMILES string of the molecule is CCOCCC/C=C/NC=NC1c2ccccc2C(=O)OC1(C)C. The van der Waals surface area contributed by atoms with Gasteiger partial charge in [-0.3, -0.25) is 4.99 Å². The van der Waals surface area contributed by atoms with Crippen LogP contribution >= 0.6 is 0 Å². The molecule has 0 saturated heterocycles. The summed E-state index contributed by atoms with van der Waals surface area (Å²) in [6, 6.07) is 7.24. The Morgan fingerprint density at radius 1 is 1.38 bits per heavy atom. The number of fused-ring (bicyclic) bond motifs is 1. The highest BCUT2D eigenvalue weighted by Crippen LogP contribution is 2.39. The van der Waals surface area contributed by atoms with Gasteiger partial charge in [-0.15, -0.1) is 0 Å². The number of allylic oxidation sites excluding steroid dienone is 1. The van der Waals surface area contributed by atoms with Crippen LogP contribution in [0, 0.1) is 0 Å². The molecule has 130 valence electrons. The first kappa shape index (κ1) is 18.2. The number of esters is 1. The third-order valence-electron chi connectivity index (χ3n) is 3.87. The van der Waals surface area contributed by atoms with E-state index >= 15 is 0 Å². The molecule has 1 unspecified atom stereocenters. The quantitative estimate of drug-likeness (QED) is 0.342. The van der Waals surface area contributed by atoms with E-state index in [9.17, 15) is 4.79 Å². The first-order chi connectivity index (χ1) is 11.6. The lowest BCUT2D eigenvalue weighted by Gasteiger charge is -2.36. The Kier molecular flexibility index (Phi) is 6.55. The molecule has 0 bridgehead atoms. The third kappa shape index (κ3) is 4.68. The largest absolute Gasteiger partial charge is 0.453 e. The van der Waals surface area contributed by atoms with Gasteiger partial charge < -0.3 is 14.8 Å². The van der Waals surface area contributed by atoms with E-state index in [0.717, 1.165) is 31.6 Å². The lowest BCUT2D eigenvalue weighted by atomic mass is 9.86. The molecule has 1 atom stereocenters. The number of unbranched alkanes of at least 4 members (excludes halogenated alkanes) is 1. The molecule has 1 aromatic rings. The number of nitrogens with zero attached hydrogens (tertiary/aromatic N) is 1. The fourth-order valence-electron chi connectivity index (χ4n) is 2.66. The highest BCUT2D eigenvalue weighted by atomic mass is 16.6. The van der Waals surface area contributed by atoms with Crippen LogP contribution in [0.4, 0.5) is 0 Å². The average molecular weight is 330 g/mol. The van der Waals surface area contributed by atoms with Crippen molar-refractivity contribution < 1.29 is 14.3 Å². The zero-order valence-electron chi connectivity index (χ0n) is 14.6. The maximum absolute atomic E-state index is 12.1. The topological polar surface area (TPSA) is 59.9 Å². The lowest BCUT2D eigenvalue weighted by Crippen LogP contribution is -2.39. The van der Waals surface area contributed by atoms with Crippen LogP contribution in [0.15, 0.2) is 41.5 Å². The van der Waals surface area contributed by atoms with Crippen molar-refractivity contribution in [2.24, 2.45) is 4.99 Å². The molecule has 1 aromatic carbocycles. The van der Waals surface area contributed by atoms with Gasteiger partial charge in [0.05, 0.1) is 11.9 Å². The van der Waals surface area contributed by atoms with Crippen molar-refractivity contribution in [1.29, 1.82) is 0 Å². The zero-order valence-corrected chi connectivity index (χ0v) is 14.6. The van der Waals surface area contributed by atoms with E-state index in [1.165, 1.54) is 0 Å². The maximum Gasteiger partial charge on any atom is 0.339 e. The van der Waals surface area contributed by atoms with Crippen LogP contribution in [-0.2, 0) is 9.47 Å². The highest BCUT2D eigenvalue weighted by molar-refractivity contribution is 5.93. The van der Waals surface area contributed by atoms with Crippen molar-refractivity contribution in [3.05, 3.63) is 47.7 Å². The van der Waals surface area contributed by atoms with E-state index in [-0.39, 0.29) is 12.0 Å². The molecule has 0 amide bonds. The van der Waals surface area contributed by atoms with Gasteiger partial charge in [0.15, 0.2) is 0 Å². The highest BCUT2D eigenvalue weighted by Gasteiger charge is 2.41. The minimum Gasteiger partial charge on any atom is -0.453 e. The molecule has 0 fully saturated rings. The minimum atomic E-state index is -0.676. The first-order valence-corrected chi connectivity index (χ1v) is 8.39. The van der Waals surface area contributed by atoms with Gasteiger partial charge in [0.25, 0.3) is 0 Å². The summed E-state index contributed by atoms with van der Waals surface area (Å²) in [5.74, 6) is -0.288. The van der Waals surface area contributed by atoms with Crippen molar-refractivity contribution in [2.75, 3.05) is 13.2 Å². The van der Waals surface area contributed by atoms with Gasteiger partial charge in [0.2, 0.25) is 0 Å². The number of rotatable bonds is 8. The number of nitrogens with one attached hydrogen (secondary N) is 1. The second-order valence-corrected chi connectivity index (χ2v) is 6.17. The Bertz CT molecular complexity index is 608. The fourth-order valence-corrected chi connectivity index (χ4v) is 2.66. The van der Waals surface area contributed by atoms with Gasteiger partial charge in [-0.25, -0.2) is 4.79 Å². The second kappa shape index (κ2) is 8.64. The molecule has 0 saturated carbocycles. The van der Waals surface area contributed by atoms with E-state index in [1.54, 1.807) is 12.4 Å². The van der Waals surface area contributed by atoms with Crippen LogP contribution < -0.4 is 5.32 Å². The number of carbonyl (C=O) groups is 1. The van der Waals surface area contributed by atoms with Gasteiger partial charge in [0, 0.05) is 13.2 Å². The van der Waals surface area contributed by atoms with E-state index in [1.807, 2.05) is 51.2 Å². The van der Waals surface area contributed by atoms with Crippen molar-refractivity contribution >= 4 is 12.3 Å². The predicted molar refractivity (Wildman–Crippen MR) is 95.2 cm³/mol. The summed E-state index contributed by atoms with van der Waals surface area (Å²) in [6.45, 7) is 7.31. The number of hydrogen-bond donors (Lipinski definition) is 1. The second-order valence-electron chi connectivity index (χ2n) is 6.17. The van der Waals surface area contributed by atoms with Crippen LogP contribution in [0.1, 0.15) is 55.6 Å². The number of cyclic esters (lactones) is 1. The van der Waals surface area contributed by atoms with E-state index < -0.39 is 5.60 Å². The van der Waals surface area contributed by atoms with Crippen LogP contribution in [0.25, 0.3) is 0 Å². The van der Waals surface area contributed by atoms with Gasteiger partial charge >= 0.3 is 5.97 Å². The molecule has 1 heterocycles. The number of carbonyl (C=O) groups excluding carboxylic acids is 1. The summed E-state index contributed by atoms with van der Waals surface area (Å²) >= 11 is 0. The molecule has 1 aliphatic rings. The molecule has 5 heteroatoms. The first-order valence-electron chi connectivity index (χ1n) is 8.39. The standard InChI is InChI=1S/C19H26N2O3/c1-4-23-13-9-5-8-12-20-14-21-17-15-10-6-7-11-16(15)18(22)24-19(17,2)3/h6-8,10-12,14,17H,4-5,9,13H2,1-3H3,(H,20,21)/b12-8+. The monoisotopic (exact) mass is 330 g/mol. The third-order valence-corrected chi connectivity index (χ3v) is 3.87. The lowest BCUT2D eigenvalue weighted by molar-refractivity contribution is -0.0195. The molecule has 2 rings (SSSR count). The summed E-state index contributed by atoms with van der Waals surface area (Å²) < 4.78 is 10.8. The molecular weight excluding hydrogens is 304 g/mol. The smallest absolute Gasteiger partial charge is 0.339 e. The number of hydrogen-bond acceptors (Lipinski definition) is 4. The molecule has 5 nitrogen and oxygen atoms in total. The van der Waals surface area contributed by atoms with Gasteiger partial charge in [-0.2, -0.15) is 0 Å². The van der Waals surface area contributed by atoms with E-state index in [2.05, 4.69) is 10.3 Å². The van der Waals surface area contributed by atoms with Crippen molar-refractivity contribution in [2.45, 2.75) is 45.3 Å². The zero-order chi connectivity index (χ0) is 17.4. The molecule has 0 spiro atoms. The van der Waals surface area contributed by atoms with Gasteiger partial charge in [0.1, 0.15) is 11.6 Å². The van der Waals surface area contributed by atoms with Crippen LogP contribution in [0.2, 0.25) is 0 Å². The van der Waals surface area contributed by atoms with Crippen LogP contribution in [0.3, 0.4) is 0 Å². The average Bonchev–Trinajstić information content (AvgIpc) is 2.55. The Hall–Kier alpha value is -2.14. The van der Waals surface area contributed by atoms with Crippen LogP contribution in [-0.4, -0.2) is 31.1 Å². The van der Waals surface area contributed by atoms with Crippen LogP contribution in [0.5, 0.6) is 0 Å². The summed E-state index contributed by atoms with van der Waals surface area (Å²) in [4.78, 5) is 16.6. The van der Waals surface area contributed by atoms with Gasteiger partial charge in [-0.1, -0.05) is 24.3 Å². The molecule has 24 heavy (non-hydrogen) atoms. The van der Waals surface area contributed by atoms with Crippen molar-refractivity contribution in [3.8, 4) is 0 Å². The Morgan fingerprint density at radius 3 is 2.96 bits per heavy atom. The molecular formula is C19H26N2O3. The fraction of sp³-hybridized carbons (Fsp3) is 0.474. The molecule has 1 aliphatic heterocycles. The van der Waals surface area contributed by atoms with Gasteiger partial charge in [-0.05, 0) is 51.4 Å².